The fourth-order valence-corrected chi connectivity index (χ4v) is 3.36. The molecule has 1 saturated heterocycles. The number of oxime groups is 1. The Kier molecular flexibility index (Phi) is 3.76. The predicted molar refractivity (Wildman–Crippen MR) is 90.8 cm³/mol. The monoisotopic (exact) mass is 321 g/mol. The van der Waals surface area contributed by atoms with E-state index in [2.05, 4.69) is 10.1 Å². The molecule has 1 aromatic heterocycles. The topological polar surface area (TPSA) is 54.8 Å². The lowest BCUT2D eigenvalue weighted by atomic mass is 9.85. The van der Waals surface area contributed by atoms with Gasteiger partial charge in [0, 0.05) is 55.9 Å². The molecule has 4 rings (SSSR count). The van der Waals surface area contributed by atoms with E-state index in [1.807, 2.05) is 53.6 Å². The Morgan fingerprint density at radius 3 is 2.58 bits per heavy atom. The average Bonchev–Trinajstić information content (AvgIpc) is 3.07. The second-order valence-corrected chi connectivity index (χ2v) is 6.39. The van der Waals surface area contributed by atoms with Crippen molar-refractivity contribution in [3.63, 3.8) is 0 Å². The van der Waals surface area contributed by atoms with E-state index in [1.165, 1.54) is 0 Å². The van der Waals surface area contributed by atoms with Gasteiger partial charge in [-0.15, -0.1) is 0 Å². The third-order valence-electron chi connectivity index (χ3n) is 4.82. The molecule has 1 amide bonds. The summed E-state index contributed by atoms with van der Waals surface area (Å²) < 4.78 is 0. The van der Waals surface area contributed by atoms with Crippen molar-refractivity contribution in [2.45, 2.75) is 24.9 Å². The molecule has 2 aliphatic rings. The highest BCUT2D eigenvalue weighted by atomic mass is 16.7. The summed E-state index contributed by atoms with van der Waals surface area (Å²) in [5, 5.41) is 4.28. The highest BCUT2D eigenvalue weighted by molar-refractivity contribution is 6.01. The zero-order valence-electron chi connectivity index (χ0n) is 13.4. The lowest BCUT2D eigenvalue weighted by Gasteiger charge is -2.37. The Balaban J connectivity index is 1.40. The molecule has 2 aliphatic heterocycles. The SMILES string of the molecule is O=C(c1ccccc1)N1CCC2(CC1)CC(c1cccnc1)=NO2. The van der Waals surface area contributed by atoms with Crippen LogP contribution in [0, 0.1) is 0 Å². The van der Waals surface area contributed by atoms with Crippen LogP contribution in [-0.2, 0) is 4.84 Å². The largest absolute Gasteiger partial charge is 0.388 e. The predicted octanol–water partition coefficient (Wildman–Crippen LogP) is 2.88. The van der Waals surface area contributed by atoms with Gasteiger partial charge in [-0.3, -0.25) is 9.78 Å². The van der Waals surface area contributed by atoms with Gasteiger partial charge in [-0.05, 0) is 24.3 Å². The number of rotatable bonds is 2. The first-order chi connectivity index (χ1) is 11.8. The number of likely N-dealkylation sites (tertiary alicyclic amines) is 1. The maximum Gasteiger partial charge on any atom is 0.253 e. The quantitative estimate of drug-likeness (QED) is 0.854. The van der Waals surface area contributed by atoms with Gasteiger partial charge < -0.3 is 9.74 Å². The molecule has 1 spiro atoms. The Labute approximate surface area is 141 Å². The maximum atomic E-state index is 12.5. The number of hydrogen-bond acceptors (Lipinski definition) is 4. The van der Waals surface area contributed by atoms with Crippen molar-refractivity contribution >= 4 is 11.6 Å². The molecular formula is C19H19N3O2. The molecular weight excluding hydrogens is 302 g/mol. The molecule has 3 heterocycles. The molecule has 0 unspecified atom stereocenters. The number of amides is 1. The van der Waals surface area contributed by atoms with E-state index in [9.17, 15) is 4.79 Å². The van der Waals surface area contributed by atoms with E-state index in [0.717, 1.165) is 36.1 Å². The molecule has 0 bridgehead atoms. The fourth-order valence-electron chi connectivity index (χ4n) is 3.36. The van der Waals surface area contributed by atoms with Gasteiger partial charge in [-0.1, -0.05) is 23.4 Å². The number of hydrogen-bond donors (Lipinski definition) is 0. The second-order valence-electron chi connectivity index (χ2n) is 6.39. The maximum absolute atomic E-state index is 12.5. The van der Waals surface area contributed by atoms with Crippen molar-refractivity contribution < 1.29 is 9.63 Å². The van der Waals surface area contributed by atoms with Gasteiger partial charge in [0.05, 0.1) is 5.71 Å². The molecule has 5 nitrogen and oxygen atoms in total. The molecule has 0 radical (unpaired) electrons. The lowest BCUT2D eigenvalue weighted by Crippen LogP contribution is -2.46. The Hall–Kier alpha value is -2.69. The van der Waals surface area contributed by atoms with E-state index in [0.29, 0.717) is 13.1 Å². The molecule has 122 valence electrons. The fraction of sp³-hybridized carbons (Fsp3) is 0.316. The second kappa shape index (κ2) is 6.07. The van der Waals surface area contributed by atoms with Gasteiger partial charge in [0.25, 0.3) is 5.91 Å². The molecule has 2 aromatic rings. The molecule has 24 heavy (non-hydrogen) atoms. The summed E-state index contributed by atoms with van der Waals surface area (Å²) in [7, 11) is 0. The third-order valence-corrected chi connectivity index (χ3v) is 4.82. The molecule has 0 N–H and O–H groups in total. The van der Waals surface area contributed by atoms with Gasteiger partial charge in [0.1, 0.15) is 5.60 Å². The van der Waals surface area contributed by atoms with Crippen LogP contribution in [0.2, 0.25) is 0 Å². The number of pyridine rings is 1. The zero-order chi connectivity index (χ0) is 16.4. The summed E-state index contributed by atoms with van der Waals surface area (Å²) in [6.45, 7) is 1.40. The van der Waals surface area contributed by atoms with Crippen LogP contribution in [-0.4, -0.2) is 40.2 Å². The minimum absolute atomic E-state index is 0.0943. The summed E-state index contributed by atoms with van der Waals surface area (Å²) >= 11 is 0. The summed E-state index contributed by atoms with van der Waals surface area (Å²) in [4.78, 5) is 24.4. The number of benzene rings is 1. The molecule has 0 aliphatic carbocycles. The molecule has 0 atom stereocenters. The number of nitrogens with zero attached hydrogens (tertiary/aromatic N) is 3. The highest BCUT2D eigenvalue weighted by Crippen LogP contribution is 2.36. The van der Waals surface area contributed by atoms with E-state index in [-0.39, 0.29) is 11.5 Å². The smallest absolute Gasteiger partial charge is 0.253 e. The van der Waals surface area contributed by atoms with Crippen molar-refractivity contribution in [1.29, 1.82) is 0 Å². The van der Waals surface area contributed by atoms with Crippen molar-refractivity contribution in [1.82, 2.24) is 9.88 Å². The van der Waals surface area contributed by atoms with Gasteiger partial charge in [0.15, 0.2) is 0 Å². The number of piperidine rings is 1. The standard InChI is InChI=1S/C19H19N3O2/c23-18(15-5-2-1-3-6-15)22-11-8-19(9-12-22)13-17(21-24-19)16-7-4-10-20-14-16/h1-7,10,14H,8-9,11-13H2. The van der Waals surface area contributed by atoms with Crippen LogP contribution >= 0.6 is 0 Å². The van der Waals surface area contributed by atoms with E-state index >= 15 is 0 Å². The molecule has 1 aromatic carbocycles. The molecule has 1 fully saturated rings. The summed E-state index contributed by atoms with van der Waals surface area (Å²) in [6.07, 6.45) is 5.96. The minimum atomic E-state index is -0.265. The van der Waals surface area contributed by atoms with Crippen molar-refractivity contribution in [3.8, 4) is 0 Å². The van der Waals surface area contributed by atoms with Crippen LogP contribution in [0.1, 0.15) is 35.2 Å². The normalized spacial score (nSPS) is 19.0. The number of carbonyl (C=O) groups excluding carboxylic acids is 1. The first kappa shape index (κ1) is 14.9. The summed E-state index contributed by atoms with van der Waals surface area (Å²) in [5.74, 6) is 0.0943. The molecule has 5 heteroatoms. The van der Waals surface area contributed by atoms with Crippen LogP contribution in [0.5, 0.6) is 0 Å². The van der Waals surface area contributed by atoms with Crippen molar-refractivity contribution in [2.24, 2.45) is 5.16 Å². The van der Waals surface area contributed by atoms with Crippen LogP contribution in [0.15, 0.2) is 60.0 Å². The minimum Gasteiger partial charge on any atom is -0.388 e. The van der Waals surface area contributed by atoms with Gasteiger partial charge in [-0.25, -0.2) is 0 Å². The van der Waals surface area contributed by atoms with Crippen LogP contribution < -0.4 is 0 Å². The summed E-state index contributed by atoms with van der Waals surface area (Å²) in [5.41, 5.74) is 2.44. The Morgan fingerprint density at radius 2 is 1.88 bits per heavy atom. The van der Waals surface area contributed by atoms with E-state index < -0.39 is 0 Å². The van der Waals surface area contributed by atoms with Gasteiger partial charge in [-0.2, -0.15) is 0 Å². The molecule has 0 saturated carbocycles. The van der Waals surface area contributed by atoms with E-state index in [4.69, 9.17) is 4.84 Å². The Bertz CT molecular complexity index is 751. The van der Waals surface area contributed by atoms with Crippen LogP contribution in [0.4, 0.5) is 0 Å². The van der Waals surface area contributed by atoms with Gasteiger partial charge in [0.2, 0.25) is 0 Å². The summed E-state index contributed by atoms with van der Waals surface area (Å²) in [6, 6.07) is 13.3. The highest BCUT2D eigenvalue weighted by Gasteiger charge is 2.43. The third kappa shape index (κ3) is 2.77. The van der Waals surface area contributed by atoms with Crippen molar-refractivity contribution in [2.75, 3.05) is 13.1 Å². The van der Waals surface area contributed by atoms with Crippen LogP contribution in [0.25, 0.3) is 0 Å². The number of carbonyl (C=O) groups is 1. The Morgan fingerprint density at radius 1 is 1.08 bits per heavy atom. The van der Waals surface area contributed by atoms with Crippen LogP contribution in [0.3, 0.4) is 0 Å². The lowest BCUT2D eigenvalue weighted by molar-refractivity contribution is -0.0568. The van der Waals surface area contributed by atoms with Gasteiger partial charge >= 0.3 is 0 Å². The van der Waals surface area contributed by atoms with Crippen molar-refractivity contribution in [3.05, 3.63) is 66.0 Å². The first-order valence-electron chi connectivity index (χ1n) is 8.26. The zero-order valence-corrected chi connectivity index (χ0v) is 13.4. The van der Waals surface area contributed by atoms with E-state index in [1.54, 1.807) is 6.20 Å². The first-order valence-corrected chi connectivity index (χ1v) is 8.26. The number of aromatic nitrogens is 1. The average molecular weight is 321 g/mol.